The number of hydrogen-bond acceptors (Lipinski definition) is 5. The van der Waals surface area contributed by atoms with E-state index < -0.39 is 16.8 Å². The first-order valence-corrected chi connectivity index (χ1v) is 11.4. The second kappa shape index (κ2) is 10.5. The molecule has 3 rings (SSSR count). The highest BCUT2D eigenvalue weighted by atomic mass is 16.2. The minimum atomic E-state index is -0.484. The molecular formula is C23H33N5O3. The quantitative estimate of drug-likeness (QED) is 0.373. The summed E-state index contributed by atoms with van der Waals surface area (Å²) in [6, 6.07) is 1.50. The predicted octanol–water partition coefficient (Wildman–Crippen LogP) is 3.51. The third kappa shape index (κ3) is 5.29. The first kappa shape index (κ1) is 22.9. The van der Waals surface area contributed by atoms with E-state index in [1.807, 2.05) is 0 Å². The molecule has 8 heteroatoms. The van der Waals surface area contributed by atoms with E-state index in [0.29, 0.717) is 34.8 Å². The van der Waals surface area contributed by atoms with E-state index in [0.717, 1.165) is 23.8 Å². The zero-order chi connectivity index (χ0) is 22.4. The molecule has 0 amide bonds. The van der Waals surface area contributed by atoms with Crippen LogP contribution in [0.4, 0.5) is 0 Å². The van der Waals surface area contributed by atoms with Crippen molar-refractivity contribution in [2.45, 2.75) is 84.6 Å². The van der Waals surface area contributed by atoms with Crippen LogP contribution in [0.25, 0.3) is 22.4 Å². The summed E-state index contributed by atoms with van der Waals surface area (Å²) in [4.78, 5) is 48.5. The summed E-state index contributed by atoms with van der Waals surface area (Å²) in [6.45, 7) is 4.47. The number of aromatic nitrogens is 5. The molecule has 0 bridgehead atoms. The maximum Gasteiger partial charge on any atom is 0.329 e. The minimum absolute atomic E-state index is 0.297. The zero-order valence-corrected chi connectivity index (χ0v) is 18.9. The SMILES string of the molecule is CCCCCCCCCCCCn1c2nc(C)nc(=O)c-2cc2c(=O)n(C)c(=O)[nH]c21. The number of rotatable bonds is 11. The molecule has 0 radical (unpaired) electrons. The molecule has 0 saturated carbocycles. The molecule has 1 N–H and O–H groups in total. The molecule has 0 fully saturated rings. The molecule has 0 atom stereocenters. The maximum absolute atomic E-state index is 12.7. The second-order valence-corrected chi connectivity index (χ2v) is 8.35. The average molecular weight is 428 g/mol. The number of nitrogens with one attached hydrogen (secondary N) is 1. The average Bonchev–Trinajstić information content (AvgIpc) is 2.73. The van der Waals surface area contributed by atoms with Crippen LogP contribution in [0.1, 0.15) is 77.0 Å². The predicted molar refractivity (Wildman–Crippen MR) is 123 cm³/mol. The van der Waals surface area contributed by atoms with Gasteiger partial charge in [0.15, 0.2) is 0 Å². The number of unbranched alkanes of at least 4 members (excludes halogenated alkanes) is 9. The molecule has 31 heavy (non-hydrogen) atoms. The number of pyridine rings is 1. The fourth-order valence-corrected chi connectivity index (χ4v) is 4.07. The van der Waals surface area contributed by atoms with Gasteiger partial charge in [-0.3, -0.25) is 19.1 Å². The highest BCUT2D eigenvalue weighted by Crippen LogP contribution is 2.22. The van der Waals surface area contributed by atoms with Crippen LogP contribution in [0.2, 0.25) is 0 Å². The number of H-pyrrole nitrogens is 1. The third-order valence-electron chi connectivity index (χ3n) is 5.87. The molecule has 0 aromatic carbocycles. The Labute approximate surface area is 181 Å². The van der Waals surface area contributed by atoms with Crippen molar-refractivity contribution in [1.82, 2.24) is 24.1 Å². The lowest BCUT2D eigenvalue weighted by atomic mass is 10.1. The van der Waals surface area contributed by atoms with Gasteiger partial charge in [0.05, 0.1) is 10.9 Å². The number of nitrogens with zero attached hydrogens (tertiary/aromatic N) is 4. The Hall–Kier alpha value is -2.77. The number of aryl methyl sites for hydroxylation is 2. The largest absolute Gasteiger partial charge is 0.329 e. The highest BCUT2D eigenvalue weighted by molar-refractivity contribution is 5.81. The van der Waals surface area contributed by atoms with E-state index in [9.17, 15) is 14.4 Å². The van der Waals surface area contributed by atoms with Gasteiger partial charge in [0.25, 0.3) is 11.1 Å². The molecule has 2 aliphatic heterocycles. The van der Waals surface area contributed by atoms with Crippen molar-refractivity contribution in [2.75, 3.05) is 0 Å². The molecule has 1 aromatic heterocycles. The molecule has 2 aliphatic rings. The summed E-state index contributed by atoms with van der Waals surface area (Å²) in [7, 11) is 1.42. The van der Waals surface area contributed by atoms with Gasteiger partial charge < -0.3 is 4.57 Å². The molecule has 0 unspecified atom stereocenters. The van der Waals surface area contributed by atoms with Crippen LogP contribution < -0.4 is 16.8 Å². The van der Waals surface area contributed by atoms with E-state index in [1.165, 1.54) is 58.1 Å². The highest BCUT2D eigenvalue weighted by Gasteiger charge is 2.19. The van der Waals surface area contributed by atoms with Crippen molar-refractivity contribution in [2.24, 2.45) is 7.05 Å². The number of fused-ring (bicyclic) bond motifs is 2. The number of hydrogen-bond donors (Lipinski definition) is 1. The first-order valence-electron chi connectivity index (χ1n) is 11.4. The monoisotopic (exact) mass is 427 g/mol. The van der Waals surface area contributed by atoms with Gasteiger partial charge >= 0.3 is 5.69 Å². The van der Waals surface area contributed by atoms with Crippen LogP contribution in [-0.4, -0.2) is 24.1 Å². The van der Waals surface area contributed by atoms with Gasteiger partial charge in [-0.05, 0) is 19.4 Å². The van der Waals surface area contributed by atoms with Gasteiger partial charge in [0, 0.05) is 13.6 Å². The Balaban J connectivity index is 1.78. The summed E-state index contributed by atoms with van der Waals surface area (Å²) in [5, 5.41) is 0.297. The van der Waals surface area contributed by atoms with Crippen LogP contribution in [0.15, 0.2) is 20.4 Å². The number of aromatic amines is 1. The van der Waals surface area contributed by atoms with Gasteiger partial charge in [-0.1, -0.05) is 64.7 Å². The first-order chi connectivity index (χ1) is 14.9. The fourth-order valence-electron chi connectivity index (χ4n) is 4.07. The summed E-state index contributed by atoms with van der Waals surface area (Å²) in [6.07, 6.45) is 12.1. The van der Waals surface area contributed by atoms with Crippen LogP contribution in [0.5, 0.6) is 0 Å². The van der Waals surface area contributed by atoms with E-state index in [2.05, 4.69) is 21.9 Å². The molecule has 3 heterocycles. The fraction of sp³-hybridized carbons (Fsp3) is 0.609. The summed E-state index contributed by atoms with van der Waals surface area (Å²) < 4.78 is 2.81. The third-order valence-corrected chi connectivity index (χ3v) is 5.87. The Morgan fingerprint density at radius 3 is 2.16 bits per heavy atom. The van der Waals surface area contributed by atoms with Gasteiger partial charge in [-0.25, -0.2) is 9.78 Å². The smallest absolute Gasteiger partial charge is 0.311 e. The summed E-state index contributed by atoms with van der Waals surface area (Å²) in [5.41, 5.74) is -0.614. The van der Waals surface area contributed by atoms with Gasteiger partial charge in [0.2, 0.25) is 0 Å². The van der Waals surface area contributed by atoms with E-state index in [-0.39, 0.29) is 0 Å². The molecule has 0 saturated heterocycles. The lowest BCUT2D eigenvalue weighted by Gasteiger charge is -2.17. The van der Waals surface area contributed by atoms with Gasteiger partial charge in [-0.2, -0.15) is 4.98 Å². The second-order valence-electron chi connectivity index (χ2n) is 8.35. The van der Waals surface area contributed by atoms with Crippen LogP contribution >= 0.6 is 0 Å². The van der Waals surface area contributed by atoms with E-state index >= 15 is 0 Å². The Morgan fingerprint density at radius 2 is 1.52 bits per heavy atom. The summed E-state index contributed by atoms with van der Waals surface area (Å²) in [5.74, 6) is 0.838. The van der Waals surface area contributed by atoms with Crippen molar-refractivity contribution < 1.29 is 0 Å². The van der Waals surface area contributed by atoms with Crippen LogP contribution in [0.3, 0.4) is 0 Å². The molecule has 8 nitrogen and oxygen atoms in total. The Kier molecular flexibility index (Phi) is 7.76. The van der Waals surface area contributed by atoms with Crippen LogP contribution in [-0.2, 0) is 13.6 Å². The van der Waals surface area contributed by atoms with Crippen molar-refractivity contribution >= 4 is 11.0 Å². The van der Waals surface area contributed by atoms with Crippen molar-refractivity contribution in [3.8, 4) is 11.4 Å². The molecule has 0 aliphatic carbocycles. The van der Waals surface area contributed by atoms with Crippen molar-refractivity contribution in [3.63, 3.8) is 0 Å². The van der Waals surface area contributed by atoms with Gasteiger partial charge in [0.1, 0.15) is 17.3 Å². The molecule has 1 aromatic rings. The Bertz CT molecular complexity index is 1170. The summed E-state index contributed by atoms with van der Waals surface area (Å²) >= 11 is 0. The topological polar surface area (TPSA) is 103 Å². The zero-order valence-electron chi connectivity index (χ0n) is 18.9. The normalized spacial score (nSPS) is 11.6. The Morgan fingerprint density at radius 1 is 0.903 bits per heavy atom. The maximum atomic E-state index is 12.7. The lowest BCUT2D eigenvalue weighted by molar-refractivity contribution is 0.536. The molecule has 0 spiro atoms. The standard InChI is InChI=1S/C23H33N5O3/c1-4-5-6-7-8-9-10-11-12-13-14-28-19-17(21(29)25-16(2)24-19)15-18-20(28)26-23(31)27(3)22(18)30/h15H,4-14H2,1-3H3,(H,26,31). The van der Waals surface area contributed by atoms with Gasteiger partial charge in [-0.15, -0.1) is 0 Å². The van der Waals surface area contributed by atoms with E-state index in [4.69, 9.17) is 0 Å². The molecular weight excluding hydrogens is 394 g/mol. The van der Waals surface area contributed by atoms with E-state index in [1.54, 1.807) is 11.5 Å². The van der Waals surface area contributed by atoms with Crippen LogP contribution in [0, 0.1) is 6.92 Å². The molecule has 168 valence electrons. The minimum Gasteiger partial charge on any atom is -0.311 e. The van der Waals surface area contributed by atoms with Crippen molar-refractivity contribution in [3.05, 3.63) is 43.1 Å². The lowest BCUT2D eigenvalue weighted by Crippen LogP contribution is -2.34. The van der Waals surface area contributed by atoms with Crippen molar-refractivity contribution in [1.29, 1.82) is 0 Å².